The molecule has 90 valence electrons. The second-order valence-corrected chi connectivity index (χ2v) is 5.00. The first-order chi connectivity index (χ1) is 7.54. The summed E-state index contributed by atoms with van der Waals surface area (Å²) in [6.07, 6.45) is 2.56. The molecular weight excluding hydrogens is 270 g/mol. The molecule has 0 aliphatic carbocycles. The zero-order valence-corrected chi connectivity index (χ0v) is 11.4. The van der Waals surface area contributed by atoms with E-state index in [-0.39, 0.29) is 0 Å². The van der Waals surface area contributed by atoms with Crippen LogP contribution in [0.3, 0.4) is 0 Å². The van der Waals surface area contributed by atoms with Gasteiger partial charge in [0, 0.05) is 6.04 Å². The molecule has 0 spiro atoms. The summed E-state index contributed by atoms with van der Waals surface area (Å²) >= 11 is 3.41. The lowest BCUT2D eigenvalue weighted by molar-refractivity contribution is 0.538. The van der Waals surface area contributed by atoms with E-state index in [9.17, 15) is 0 Å². The predicted octanol–water partition coefficient (Wildman–Crippen LogP) is 2.37. The van der Waals surface area contributed by atoms with Gasteiger partial charge in [-0.1, -0.05) is 13.8 Å². The summed E-state index contributed by atoms with van der Waals surface area (Å²) in [7, 11) is 0. The van der Waals surface area contributed by atoms with Crippen LogP contribution in [0.5, 0.6) is 0 Å². The summed E-state index contributed by atoms with van der Waals surface area (Å²) in [4.78, 5) is 8.16. The summed E-state index contributed by atoms with van der Waals surface area (Å²) in [5, 5.41) is 3.32. The fraction of sp³-hybridized carbons (Fsp3) is 0.600. The second kappa shape index (κ2) is 6.00. The molecule has 5 nitrogen and oxygen atoms in total. The largest absolute Gasteiger partial charge is 0.367 e. The van der Waals surface area contributed by atoms with Crippen molar-refractivity contribution in [3.05, 3.63) is 10.8 Å². The van der Waals surface area contributed by atoms with Gasteiger partial charge in [0.25, 0.3) is 0 Å². The van der Waals surface area contributed by atoms with E-state index in [2.05, 4.69) is 57.4 Å². The van der Waals surface area contributed by atoms with Crippen LogP contribution in [-0.2, 0) is 0 Å². The Hall–Kier alpha value is -0.880. The molecule has 0 amide bonds. The highest BCUT2D eigenvalue weighted by atomic mass is 79.9. The molecule has 1 unspecified atom stereocenters. The Labute approximate surface area is 104 Å². The Morgan fingerprint density at radius 2 is 1.94 bits per heavy atom. The highest BCUT2D eigenvalue weighted by Crippen LogP contribution is 2.26. The maximum Gasteiger partial charge on any atom is 0.159 e. The first kappa shape index (κ1) is 13.2. The first-order valence-electron chi connectivity index (χ1n) is 5.28. The number of anilines is 2. The minimum atomic E-state index is 0.358. The molecule has 0 aliphatic heterocycles. The van der Waals surface area contributed by atoms with Crippen molar-refractivity contribution in [3.8, 4) is 0 Å². The van der Waals surface area contributed by atoms with Crippen LogP contribution in [0, 0.1) is 5.92 Å². The summed E-state index contributed by atoms with van der Waals surface area (Å²) in [6, 6.07) is 0.358. The van der Waals surface area contributed by atoms with E-state index in [1.54, 1.807) is 0 Å². The van der Waals surface area contributed by atoms with E-state index in [0.717, 1.165) is 16.7 Å². The summed E-state index contributed by atoms with van der Waals surface area (Å²) in [6.45, 7) is 6.52. The third-order valence-corrected chi connectivity index (χ3v) is 2.89. The molecule has 0 saturated carbocycles. The highest BCUT2D eigenvalue weighted by molar-refractivity contribution is 9.10. The molecule has 1 aromatic heterocycles. The van der Waals surface area contributed by atoms with Gasteiger partial charge in [0.1, 0.15) is 16.6 Å². The third kappa shape index (κ3) is 3.61. The van der Waals surface area contributed by atoms with Gasteiger partial charge in [0.05, 0.1) is 0 Å². The minimum absolute atomic E-state index is 0.358. The Bertz CT molecular complexity index is 342. The number of nitrogens with zero attached hydrogens (tertiary/aromatic N) is 2. The average Bonchev–Trinajstić information content (AvgIpc) is 2.20. The van der Waals surface area contributed by atoms with Crippen LogP contribution in [0.2, 0.25) is 0 Å². The van der Waals surface area contributed by atoms with Crippen molar-refractivity contribution in [1.29, 1.82) is 0 Å². The van der Waals surface area contributed by atoms with Gasteiger partial charge < -0.3 is 10.7 Å². The maximum absolute atomic E-state index is 5.33. The number of rotatable bonds is 5. The molecule has 1 heterocycles. The number of hydrazine groups is 1. The molecular formula is C10H18BrN5. The fourth-order valence-corrected chi connectivity index (χ4v) is 2.00. The Balaban J connectivity index is 2.73. The van der Waals surface area contributed by atoms with Crippen molar-refractivity contribution < 1.29 is 0 Å². The summed E-state index contributed by atoms with van der Waals surface area (Å²) in [5.74, 6) is 7.32. The van der Waals surface area contributed by atoms with Crippen molar-refractivity contribution in [2.75, 3.05) is 10.7 Å². The van der Waals surface area contributed by atoms with Crippen molar-refractivity contribution in [2.45, 2.75) is 33.2 Å². The molecule has 6 heteroatoms. The van der Waals surface area contributed by atoms with Crippen LogP contribution in [-0.4, -0.2) is 16.0 Å². The van der Waals surface area contributed by atoms with Crippen molar-refractivity contribution in [3.63, 3.8) is 0 Å². The molecule has 4 N–H and O–H groups in total. The molecule has 0 saturated heterocycles. The molecule has 1 rings (SSSR count). The lowest BCUT2D eigenvalue weighted by Gasteiger charge is -2.17. The van der Waals surface area contributed by atoms with Crippen LogP contribution >= 0.6 is 15.9 Å². The van der Waals surface area contributed by atoms with Crippen LogP contribution in [0.25, 0.3) is 0 Å². The van der Waals surface area contributed by atoms with Gasteiger partial charge in [-0.05, 0) is 35.2 Å². The van der Waals surface area contributed by atoms with Crippen molar-refractivity contribution in [2.24, 2.45) is 11.8 Å². The zero-order chi connectivity index (χ0) is 12.1. The van der Waals surface area contributed by atoms with Gasteiger partial charge >= 0.3 is 0 Å². The van der Waals surface area contributed by atoms with Crippen LogP contribution in [0.4, 0.5) is 11.6 Å². The van der Waals surface area contributed by atoms with Gasteiger partial charge in [-0.2, -0.15) is 0 Å². The first-order valence-corrected chi connectivity index (χ1v) is 6.07. The predicted molar refractivity (Wildman–Crippen MR) is 70.1 cm³/mol. The van der Waals surface area contributed by atoms with E-state index in [4.69, 9.17) is 5.84 Å². The smallest absolute Gasteiger partial charge is 0.159 e. The maximum atomic E-state index is 5.33. The number of halogens is 1. The van der Waals surface area contributed by atoms with E-state index >= 15 is 0 Å². The van der Waals surface area contributed by atoms with Gasteiger partial charge in [-0.15, -0.1) is 0 Å². The normalized spacial score (nSPS) is 12.6. The monoisotopic (exact) mass is 287 g/mol. The summed E-state index contributed by atoms with van der Waals surface area (Å²) in [5.41, 5.74) is 2.51. The Morgan fingerprint density at radius 3 is 2.50 bits per heavy atom. The zero-order valence-electron chi connectivity index (χ0n) is 9.79. The minimum Gasteiger partial charge on any atom is -0.367 e. The lowest BCUT2D eigenvalue weighted by atomic mass is 10.1. The fourth-order valence-electron chi connectivity index (χ4n) is 1.57. The van der Waals surface area contributed by atoms with Crippen LogP contribution in [0.15, 0.2) is 10.8 Å². The Morgan fingerprint density at radius 1 is 1.31 bits per heavy atom. The molecule has 1 atom stereocenters. The van der Waals surface area contributed by atoms with E-state index in [1.807, 2.05) is 0 Å². The van der Waals surface area contributed by atoms with Crippen LogP contribution < -0.4 is 16.6 Å². The molecule has 0 radical (unpaired) electrons. The second-order valence-electron chi connectivity index (χ2n) is 4.20. The van der Waals surface area contributed by atoms with Gasteiger partial charge in [-0.25, -0.2) is 15.8 Å². The molecule has 16 heavy (non-hydrogen) atoms. The van der Waals surface area contributed by atoms with Crippen molar-refractivity contribution >= 4 is 27.6 Å². The van der Waals surface area contributed by atoms with E-state index in [0.29, 0.717) is 17.8 Å². The number of hydrogen-bond acceptors (Lipinski definition) is 5. The van der Waals surface area contributed by atoms with Gasteiger partial charge in [-0.3, -0.25) is 0 Å². The summed E-state index contributed by atoms with van der Waals surface area (Å²) < 4.78 is 0.758. The third-order valence-electron chi connectivity index (χ3n) is 2.13. The molecule has 1 aromatic rings. The topological polar surface area (TPSA) is 75.9 Å². The number of hydrogen-bond donors (Lipinski definition) is 3. The number of nitrogen functional groups attached to an aromatic ring is 1. The highest BCUT2D eigenvalue weighted by Gasteiger charge is 2.11. The van der Waals surface area contributed by atoms with Gasteiger partial charge in [0.2, 0.25) is 0 Å². The number of nitrogens with one attached hydrogen (secondary N) is 2. The van der Waals surface area contributed by atoms with Crippen LogP contribution in [0.1, 0.15) is 27.2 Å². The SMILES string of the molecule is CC(C)CC(C)Nc1ncnc(NN)c1Br. The molecule has 0 bridgehead atoms. The van der Waals surface area contributed by atoms with Gasteiger partial charge in [0.15, 0.2) is 5.82 Å². The average molecular weight is 288 g/mol. The molecule has 0 fully saturated rings. The molecule has 0 aromatic carbocycles. The lowest BCUT2D eigenvalue weighted by Crippen LogP contribution is -2.19. The van der Waals surface area contributed by atoms with E-state index < -0.39 is 0 Å². The molecule has 0 aliphatic rings. The number of nitrogens with two attached hydrogens (primary N) is 1. The quantitative estimate of drug-likeness (QED) is 0.573. The van der Waals surface area contributed by atoms with Crippen molar-refractivity contribution in [1.82, 2.24) is 9.97 Å². The standard InChI is InChI=1S/C10H18BrN5/c1-6(2)4-7(3)15-9-8(11)10(16-12)14-5-13-9/h5-7H,4,12H2,1-3H3,(H2,13,14,15,16). The Kier molecular flexibility index (Phi) is 4.95. The van der Waals surface area contributed by atoms with E-state index in [1.165, 1.54) is 6.33 Å². The number of aromatic nitrogens is 2.